The molecule has 0 aromatic heterocycles. The second-order valence-corrected chi connectivity index (χ2v) is 8.63. The van der Waals surface area contributed by atoms with Crippen molar-refractivity contribution in [2.75, 3.05) is 5.32 Å². The molecule has 0 heterocycles. The molecule has 0 atom stereocenters. The quantitative estimate of drug-likeness (QED) is 0.604. The lowest BCUT2D eigenvalue weighted by molar-refractivity contribution is -0.131. The molecule has 7 nitrogen and oxygen atoms in total. The van der Waals surface area contributed by atoms with Crippen LogP contribution in [0.25, 0.3) is 0 Å². The van der Waals surface area contributed by atoms with Gasteiger partial charge >= 0.3 is 5.97 Å². The zero-order chi connectivity index (χ0) is 20.2. The Morgan fingerprint density at radius 1 is 0.926 bits per heavy atom. The molecule has 0 aliphatic carbocycles. The second kappa shape index (κ2) is 7.89. The smallest absolute Gasteiger partial charge is 0.308 e. The van der Waals surface area contributed by atoms with Gasteiger partial charge in [0.1, 0.15) is 5.75 Å². The van der Waals surface area contributed by atoms with Crippen LogP contribution in [0, 0.1) is 0 Å². The number of amides is 1. The average Bonchev–Trinajstić information content (AvgIpc) is 2.53. The van der Waals surface area contributed by atoms with Crippen LogP contribution in [-0.2, 0) is 14.8 Å². The Labute approximate surface area is 158 Å². The van der Waals surface area contributed by atoms with E-state index in [9.17, 15) is 18.0 Å². The van der Waals surface area contributed by atoms with Crippen LogP contribution in [0.5, 0.6) is 5.75 Å². The molecule has 0 aliphatic heterocycles. The van der Waals surface area contributed by atoms with Gasteiger partial charge in [0.15, 0.2) is 0 Å². The number of sulfonamides is 1. The molecule has 2 rings (SSSR count). The molecule has 0 radical (unpaired) electrons. The fourth-order valence-corrected chi connectivity index (χ4v) is 3.64. The first-order valence-electron chi connectivity index (χ1n) is 8.20. The van der Waals surface area contributed by atoms with Crippen molar-refractivity contribution in [1.29, 1.82) is 0 Å². The number of nitrogens with one attached hydrogen (secondary N) is 2. The normalized spacial score (nSPS) is 11.7. The van der Waals surface area contributed by atoms with Gasteiger partial charge in [0.2, 0.25) is 10.0 Å². The summed E-state index contributed by atoms with van der Waals surface area (Å²) in [7, 11) is -3.63. The van der Waals surface area contributed by atoms with Crippen LogP contribution in [0.2, 0.25) is 0 Å². The molecule has 2 aromatic carbocycles. The number of anilines is 1. The summed E-state index contributed by atoms with van der Waals surface area (Å²) in [4.78, 5) is 23.3. The molecule has 0 aliphatic rings. The first-order valence-corrected chi connectivity index (χ1v) is 9.68. The monoisotopic (exact) mass is 390 g/mol. The maximum absolute atomic E-state index is 12.3. The lowest BCUT2D eigenvalue weighted by Gasteiger charge is -2.20. The second-order valence-electron chi connectivity index (χ2n) is 6.95. The topological polar surface area (TPSA) is 102 Å². The Hall–Kier alpha value is -2.71. The molecule has 0 spiro atoms. The minimum Gasteiger partial charge on any atom is -0.427 e. The van der Waals surface area contributed by atoms with Gasteiger partial charge < -0.3 is 10.1 Å². The van der Waals surface area contributed by atoms with Crippen molar-refractivity contribution in [1.82, 2.24) is 4.72 Å². The van der Waals surface area contributed by atoms with Crippen LogP contribution in [0.1, 0.15) is 38.1 Å². The first kappa shape index (κ1) is 20.6. The summed E-state index contributed by atoms with van der Waals surface area (Å²) in [6, 6.07) is 12.0. The Kier molecular flexibility index (Phi) is 6.02. The number of rotatable bonds is 5. The summed E-state index contributed by atoms with van der Waals surface area (Å²) in [5, 5.41) is 2.68. The van der Waals surface area contributed by atoms with Crippen molar-refractivity contribution in [3.8, 4) is 5.75 Å². The van der Waals surface area contributed by atoms with Crippen molar-refractivity contribution in [3.05, 3.63) is 54.1 Å². The van der Waals surface area contributed by atoms with E-state index in [1.54, 1.807) is 20.8 Å². The van der Waals surface area contributed by atoms with Crippen molar-refractivity contribution in [2.24, 2.45) is 0 Å². The van der Waals surface area contributed by atoms with E-state index in [0.29, 0.717) is 17.0 Å². The van der Waals surface area contributed by atoms with Gasteiger partial charge in [-0.1, -0.05) is 0 Å². The van der Waals surface area contributed by atoms with E-state index < -0.39 is 21.5 Å². The third kappa shape index (κ3) is 6.19. The van der Waals surface area contributed by atoms with Gasteiger partial charge in [-0.15, -0.1) is 0 Å². The SMILES string of the molecule is CC(=O)Oc1ccc(C(=O)Nc2ccc(S(=O)(=O)NC(C)(C)C)cc2)cc1. The Balaban J connectivity index is 2.07. The number of ether oxygens (including phenoxy) is 1. The summed E-state index contributed by atoms with van der Waals surface area (Å²) in [6.45, 7) is 6.56. The largest absolute Gasteiger partial charge is 0.427 e. The van der Waals surface area contributed by atoms with E-state index >= 15 is 0 Å². The Morgan fingerprint density at radius 2 is 1.48 bits per heavy atom. The third-order valence-corrected chi connectivity index (χ3v) is 5.01. The van der Waals surface area contributed by atoms with Gasteiger partial charge in [-0.25, -0.2) is 13.1 Å². The van der Waals surface area contributed by atoms with E-state index in [2.05, 4.69) is 10.0 Å². The maximum atomic E-state index is 12.3. The lowest BCUT2D eigenvalue weighted by Crippen LogP contribution is -2.40. The summed E-state index contributed by atoms with van der Waals surface area (Å²) in [5.41, 5.74) is 0.236. The highest BCUT2D eigenvalue weighted by molar-refractivity contribution is 7.89. The van der Waals surface area contributed by atoms with Crippen LogP contribution in [0.15, 0.2) is 53.4 Å². The van der Waals surface area contributed by atoms with Crippen molar-refractivity contribution < 1.29 is 22.7 Å². The molecule has 8 heteroatoms. The van der Waals surface area contributed by atoms with Crippen LogP contribution in [0.4, 0.5) is 5.69 Å². The number of hydrogen-bond donors (Lipinski definition) is 2. The van der Waals surface area contributed by atoms with E-state index in [-0.39, 0.29) is 10.8 Å². The molecular formula is C19H22N2O5S. The van der Waals surface area contributed by atoms with Gasteiger partial charge in [0.05, 0.1) is 4.90 Å². The molecule has 1 amide bonds. The molecule has 27 heavy (non-hydrogen) atoms. The minimum atomic E-state index is -3.63. The average molecular weight is 390 g/mol. The summed E-state index contributed by atoms with van der Waals surface area (Å²) in [6.07, 6.45) is 0. The summed E-state index contributed by atoms with van der Waals surface area (Å²) in [5.74, 6) is -0.462. The van der Waals surface area contributed by atoms with Crippen LogP contribution < -0.4 is 14.8 Å². The van der Waals surface area contributed by atoms with E-state index in [4.69, 9.17) is 4.74 Å². The van der Waals surface area contributed by atoms with Gasteiger partial charge in [-0.2, -0.15) is 0 Å². The van der Waals surface area contributed by atoms with Gasteiger partial charge in [0, 0.05) is 23.7 Å². The molecule has 144 valence electrons. The van der Waals surface area contributed by atoms with Gasteiger partial charge in [-0.05, 0) is 69.3 Å². The lowest BCUT2D eigenvalue weighted by atomic mass is 10.1. The highest BCUT2D eigenvalue weighted by Crippen LogP contribution is 2.18. The summed E-state index contributed by atoms with van der Waals surface area (Å²) < 4.78 is 32.0. The molecule has 0 unspecified atom stereocenters. The zero-order valence-electron chi connectivity index (χ0n) is 15.6. The zero-order valence-corrected chi connectivity index (χ0v) is 16.4. The number of carbonyl (C=O) groups is 2. The predicted molar refractivity (Wildman–Crippen MR) is 102 cm³/mol. The molecule has 0 saturated heterocycles. The fraction of sp³-hybridized carbons (Fsp3) is 0.263. The molecule has 0 fully saturated rings. The fourth-order valence-electron chi connectivity index (χ4n) is 2.22. The van der Waals surface area contributed by atoms with Crippen LogP contribution in [0.3, 0.4) is 0 Å². The summed E-state index contributed by atoms with van der Waals surface area (Å²) >= 11 is 0. The van der Waals surface area contributed by atoms with Gasteiger partial charge in [0.25, 0.3) is 5.91 Å². The van der Waals surface area contributed by atoms with E-state index in [1.165, 1.54) is 55.5 Å². The number of carbonyl (C=O) groups excluding carboxylic acids is 2. The van der Waals surface area contributed by atoms with Crippen LogP contribution >= 0.6 is 0 Å². The number of benzene rings is 2. The van der Waals surface area contributed by atoms with E-state index in [0.717, 1.165) is 0 Å². The Bertz CT molecular complexity index is 928. The highest BCUT2D eigenvalue weighted by atomic mass is 32.2. The molecule has 2 aromatic rings. The number of esters is 1. The van der Waals surface area contributed by atoms with Gasteiger partial charge in [-0.3, -0.25) is 9.59 Å². The first-order chi connectivity index (χ1) is 12.5. The number of hydrogen-bond acceptors (Lipinski definition) is 5. The van der Waals surface area contributed by atoms with Crippen LogP contribution in [-0.4, -0.2) is 25.8 Å². The predicted octanol–water partition coefficient (Wildman–Crippen LogP) is 2.94. The molecule has 0 saturated carbocycles. The maximum Gasteiger partial charge on any atom is 0.308 e. The highest BCUT2D eigenvalue weighted by Gasteiger charge is 2.21. The van der Waals surface area contributed by atoms with Crippen molar-refractivity contribution >= 4 is 27.6 Å². The molecule has 2 N–H and O–H groups in total. The Morgan fingerprint density at radius 3 is 1.96 bits per heavy atom. The van der Waals surface area contributed by atoms with Crippen molar-refractivity contribution in [2.45, 2.75) is 38.1 Å². The molecular weight excluding hydrogens is 368 g/mol. The minimum absolute atomic E-state index is 0.112. The van der Waals surface area contributed by atoms with Crippen molar-refractivity contribution in [3.63, 3.8) is 0 Å². The third-order valence-electron chi connectivity index (χ3n) is 3.24. The van der Waals surface area contributed by atoms with E-state index in [1.807, 2.05) is 0 Å². The standard InChI is InChI=1S/C19H22N2O5S/c1-13(22)26-16-9-5-14(6-10-16)18(23)20-15-7-11-17(12-8-15)27(24,25)21-19(2,3)4/h5-12,21H,1-4H3,(H,20,23). The molecule has 0 bridgehead atoms.